The van der Waals surface area contributed by atoms with E-state index >= 15 is 0 Å². The average molecular weight is 278 g/mol. The van der Waals surface area contributed by atoms with Crippen LogP contribution in [0.1, 0.15) is 51.9 Å². The van der Waals surface area contributed by atoms with Crippen LogP contribution in [0.25, 0.3) is 0 Å². The van der Waals surface area contributed by atoms with Crippen LogP contribution in [0.4, 0.5) is 0 Å². The van der Waals surface area contributed by atoms with E-state index in [-0.39, 0.29) is 0 Å². The van der Waals surface area contributed by atoms with E-state index in [1.54, 1.807) is 0 Å². The molecule has 0 spiro atoms. The zero-order valence-electron chi connectivity index (χ0n) is 13.0. The fraction of sp³-hybridized carbons (Fsp3) is 0.941. The predicted molar refractivity (Wildman–Crippen MR) is 81.8 cm³/mol. The van der Waals surface area contributed by atoms with E-state index in [0.717, 1.165) is 37.8 Å². The highest BCUT2D eigenvalue weighted by Crippen LogP contribution is 2.28. The van der Waals surface area contributed by atoms with E-state index in [0.29, 0.717) is 11.7 Å². The van der Waals surface area contributed by atoms with Gasteiger partial charge in [-0.1, -0.05) is 19.8 Å². The molecule has 0 amide bonds. The van der Waals surface area contributed by atoms with Crippen molar-refractivity contribution >= 4 is 5.78 Å². The average Bonchev–Trinajstić information content (AvgIpc) is 2.98. The molecule has 1 heterocycles. The fourth-order valence-corrected chi connectivity index (χ4v) is 4.40. The number of piperazine rings is 1. The highest BCUT2D eigenvalue weighted by molar-refractivity contribution is 5.81. The first-order chi connectivity index (χ1) is 9.72. The molecule has 0 aromatic heterocycles. The van der Waals surface area contributed by atoms with Gasteiger partial charge in [-0.3, -0.25) is 9.69 Å². The van der Waals surface area contributed by atoms with Gasteiger partial charge in [-0.05, 0) is 31.6 Å². The standard InChI is InChI=1S/C17H30N2O/c1-14-6-7-17(20)15(12-14)13-18-8-10-19(11-9-18)16-4-2-3-5-16/h14-16H,2-13H2,1H3. The summed E-state index contributed by atoms with van der Waals surface area (Å²) in [6, 6.07) is 0.869. The van der Waals surface area contributed by atoms with E-state index in [9.17, 15) is 4.79 Å². The summed E-state index contributed by atoms with van der Waals surface area (Å²) in [5.74, 6) is 1.61. The molecule has 3 fully saturated rings. The van der Waals surface area contributed by atoms with Gasteiger partial charge in [0, 0.05) is 51.1 Å². The molecule has 3 nitrogen and oxygen atoms in total. The van der Waals surface area contributed by atoms with E-state index in [4.69, 9.17) is 0 Å². The van der Waals surface area contributed by atoms with Crippen molar-refractivity contribution in [2.45, 2.75) is 57.9 Å². The largest absolute Gasteiger partial charge is 0.300 e. The first-order valence-corrected chi connectivity index (χ1v) is 8.71. The number of ketones is 1. The summed E-state index contributed by atoms with van der Waals surface area (Å²) in [5.41, 5.74) is 0. The molecule has 3 aliphatic rings. The van der Waals surface area contributed by atoms with E-state index in [2.05, 4.69) is 16.7 Å². The van der Waals surface area contributed by atoms with Crippen molar-refractivity contribution in [1.82, 2.24) is 9.80 Å². The summed E-state index contributed by atoms with van der Waals surface area (Å²) in [5, 5.41) is 0. The summed E-state index contributed by atoms with van der Waals surface area (Å²) in [6.45, 7) is 8.13. The quantitative estimate of drug-likeness (QED) is 0.792. The fourth-order valence-electron chi connectivity index (χ4n) is 4.40. The lowest BCUT2D eigenvalue weighted by atomic mass is 9.81. The maximum Gasteiger partial charge on any atom is 0.137 e. The Morgan fingerprint density at radius 2 is 1.75 bits per heavy atom. The van der Waals surface area contributed by atoms with Gasteiger partial charge < -0.3 is 4.90 Å². The molecule has 2 saturated carbocycles. The molecular weight excluding hydrogens is 248 g/mol. The summed E-state index contributed by atoms with van der Waals surface area (Å²) >= 11 is 0. The van der Waals surface area contributed by atoms with E-state index < -0.39 is 0 Å². The van der Waals surface area contributed by atoms with Gasteiger partial charge in [-0.2, -0.15) is 0 Å². The summed E-state index contributed by atoms with van der Waals surface area (Å²) in [6.07, 6.45) is 8.76. The van der Waals surface area contributed by atoms with Crippen LogP contribution in [0.3, 0.4) is 0 Å². The first kappa shape index (κ1) is 14.5. The topological polar surface area (TPSA) is 23.6 Å². The van der Waals surface area contributed by atoms with Crippen molar-refractivity contribution in [3.05, 3.63) is 0 Å². The maximum absolute atomic E-state index is 12.0. The van der Waals surface area contributed by atoms with Gasteiger partial charge in [-0.15, -0.1) is 0 Å². The SMILES string of the molecule is CC1CCC(=O)C(CN2CCN(C3CCCC3)CC2)C1. The Bertz CT molecular complexity index is 330. The molecule has 2 atom stereocenters. The number of carbonyl (C=O) groups excluding carboxylic acids is 1. The van der Waals surface area contributed by atoms with Crippen LogP contribution in [-0.4, -0.2) is 54.3 Å². The summed E-state index contributed by atoms with van der Waals surface area (Å²) in [7, 11) is 0. The Hall–Kier alpha value is -0.410. The smallest absolute Gasteiger partial charge is 0.137 e. The van der Waals surface area contributed by atoms with Gasteiger partial charge in [0.05, 0.1) is 0 Å². The van der Waals surface area contributed by atoms with Crippen molar-refractivity contribution in [2.75, 3.05) is 32.7 Å². The number of hydrogen-bond donors (Lipinski definition) is 0. The van der Waals surface area contributed by atoms with Gasteiger partial charge >= 0.3 is 0 Å². The Morgan fingerprint density at radius 1 is 1.05 bits per heavy atom. The Labute approximate surface area is 123 Å². The molecule has 1 saturated heterocycles. The van der Waals surface area contributed by atoms with Crippen LogP contribution in [0, 0.1) is 11.8 Å². The van der Waals surface area contributed by atoms with Crippen molar-refractivity contribution < 1.29 is 4.79 Å². The number of Topliss-reactive ketones (excluding diaryl/α,β-unsaturated/α-hetero) is 1. The minimum Gasteiger partial charge on any atom is -0.300 e. The summed E-state index contributed by atoms with van der Waals surface area (Å²) in [4.78, 5) is 17.3. The normalized spacial score (nSPS) is 34.8. The van der Waals surface area contributed by atoms with Gasteiger partial charge in [-0.25, -0.2) is 0 Å². The highest BCUT2D eigenvalue weighted by Gasteiger charge is 2.30. The van der Waals surface area contributed by atoms with E-state index in [1.807, 2.05) is 0 Å². The van der Waals surface area contributed by atoms with Crippen LogP contribution >= 0.6 is 0 Å². The maximum atomic E-state index is 12.0. The Morgan fingerprint density at radius 3 is 2.45 bits per heavy atom. The monoisotopic (exact) mass is 278 g/mol. The minimum atomic E-state index is 0.330. The molecule has 2 unspecified atom stereocenters. The number of rotatable bonds is 3. The molecule has 3 heteroatoms. The molecule has 2 aliphatic carbocycles. The third-order valence-electron chi connectivity index (χ3n) is 5.75. The second kappa shape index (κ2) is 6.57. The molecule has 0 bridgehead atoms. The second-order valence-corrected chi connectivity index (χ2v) is 7.32. The molecule has 0 radical (unpaired) electrons. The van der Waals surface area contributed by atoms with Gasteiger partial charge in [0.25, 0.3) is 0 Å². The molecule has 3 rings (SSSR count). The Balaban J connectivity index is 1.44. The minimum absolute atomic E-state index is 0.330. The highest BCUT2D eigenvalue weighted by atomic mass is 16.1. The predicted octanol–water partition coefficient (Wildman–Crippen LogP) is 2.55. The molecule has 0 aromatic carbocycles. The molecular formula is C17H30N2O. The van der Waals surface area contributed by atoms with Gasteiger partial charge in [0.1, 0.15) is 5.78 Å². The van der Waals surface area contributed by atoms with E-state index in [1.165, 1.54) is 51.9 Å². The van der Waals surface area contributed by atoms with Crippen LogP contribution < -0.4 is 0 Å². The van der Waals surface area contributed by atoms with Crippen molar-refractivity contribution in [2.24, 2.45) is 11.8 Å². The number of nitrogens with zero attached hydrogens (tertiary/aromatic N) is 2. The van der Waals surface area contributed by atoms with Crippen LogP contribution in [0.5, 0.6) is 0 Å². The lowest BCUT2D eigenvalue weighted by Crippen LogP contribution is -2.51. The van der Waals surface area contributed by atoms with Gasteiger partial charge in [0.15, 0.2) is 0 Å². The van der Waals surface area contributed by atoms with Crippen molar-refractivity contribution in [1.29, 1.82) is 0 Å². The lowest BCUT2D eigenvalue weighted by molar-refractivity contribution is -0.126. The number of hydrogen-bond acceptors (Lipinski definition) is 3. The first-order valence-electron chi connectivity index (χ1n) is 8.71. The van der Waals surface area contributed by atoms with Crippen LogP contribution in [-0.2, 0) is 4.79 Å². The summed E-state index contributed by atoms with van der Waals surface area (Å²) < 4.78 is 0. The molecule has 0 N–H and O–H groups in total. The van der Waals surface area contributed by atoms with Crippen LogP contribution in [0.2, 0.25) is 0 Å². The third-order valence-corrected chi connectivity index (χ3v) is 5.75. The van der Waals surface area contributed by atoms with Crippen molar-refractivity contribution in [3.63, 3.8) is 0 Å². The zero-order valence-corrected chi connectivity index (χ0v) is 13.0. The molecule has 1 aliphatic heterocycles. The second-order valence-electron chi connectivity index (χ2n) is 7.32. The lowest BCUT2D eigenvalue weighted by Gasteiger charge is -2.40. The third kappa shape index (κ3) is 3.43. The molecule has 0 aromatic rings. The zero-order chi connectivity index (χ0) is 13.9. The van der Waals surface area contributed by atoms with Crippen molar-refractivity contribution in [3.8, 4) is 0 Å². The molecule has 114 valence electrons. The van der Waals surface area contributed by atoms with Crippen LogP contribution in [0.15, 0.2) is 0 Å². The number of carbonyl (C=O) groups is 1. The Kier molecular flexibility index (Phi) is 4.77. The van der Waals surface area contributed by atoms with Gasteiger partial charge in [0.2, 0.25) is 0 Å². The molecule has 20 heavy (non-hydrogen) atoms.